The summed E-state index contributed by atoms with van der Waals surface area (Å²) in [5.74, 6) is 1.63. The third-order valence-electron chi connectivity index (χ3n) is 4.91. The van der Waals surface area contributed by atoms with Gasteiger partial charge in [0.1, 0.15) is 0 Å². The Labute approximate surface area is 107 Å². The lowest BCUT2D eigenvalue weighted by Gasteiger charge is -2.38. The molecule has 2 nitrogen and oxygen atoms in total. The summed E-state index contributed by atoms with van der Waals surface area (Å²) in [6.07, 6.45) is 8.47. The predicted octanol–water partition coefficient (Wildman–Crippen LogP) is 2.93. The van der Waals surface area contributed by atoms with Crippen molar-refractivity contribution < 1.29 is 0 Å². The molecule has 1 aliphatic carbocycles. The maximum absolute atomic E-state index is 3.91. The van der Waals surface area contributed by atoms with E-state index in [1.54, 1.807) is 0 Å². The van der Waals surface area contributed by atoms with E-state index in [0.29, 0.717) is 6.04 Å². The molecule has 0 radical (unpaired) electrons. The van der Waals surface area contributed by atoms with Gasteiger partial charge in [-0.15, -0.1) is 0 Å². The second-order valence-electron chi connectivity index (χ2n) is 6.46. The van der Waals surface area contributed by atoms with Crippen molar-refractivity contribution in [1.29, 1.82) is 0 Å². The van der Waals surface area contributed by atoms with E-state index in [0.717, 1.165) is 23.9 Å². The van der Waals surface area contributed by atoms with Crippen LogP contribution in [-0.2, 0) is 0 Å². The van der Waals surface area contributed by atoms with Crippen molar-refractivity contribution in [3.05, 3.63) is 0 Å². The summed E-state index contributed by atoms with van der Waals surface area (Å²) in [6, 6.07) is 2.21. The van der Waals surface area contributed by atoms with Crippen LogP contribution in [0.4, 0.5) is 0 Å². The highest BCUT2D eigenvalue weighted by molar-refractivity contribution is 4.92. The fraction of sp³-hybridized carbons (Fsp3) is 1.00. The van der Waals surface area contributed by atoms with E-state index in [9.17, 15) is 0 Å². The molecule has 2 N–H and O–H groups in total. The summed E-state index contributed by atoms with van der Waals surface area (Å²) < 4.78 is 0. The Kier molecular flexibility index (Phi) is 4.87. The van der Waals surface area contributed by atoms with Crippen LogP contribution in [0, 0.1) is 11.8 Å². The Morgan fingerprint density at radius 3 is 2.41 bits per heavy atom. The van der Waals surface area contributed by atoms with E-state index in [4.69, 9.17) is 0 Å². The third kappa shape index (κ3) is 3.45. The summed E-state index contributed by atoms with van der Waals surface area (Å²) in [6.45, 7) is 8.23. The zero-order valence-corrected chi connectivity index (χ0v) is 11.8. The molecule has 0 spiro atoms. The molecule has 0 aromatic rings. The van der Waals surface area contributed by atoms with Gasteiger partial charge in [0.15, 0.2) is 0 Å². The van der Waals surface area contributed by atoms with Crippen molar-refractivity contribution in [3.63, 3.8) is 0 Å². The van der Waals surface area contributed by atoms with Crippen molar-refractivity contribution >= 4 is 0 Å². The minimum absolute atomic E-state index is 0.655. The van der Waals surface area contributed by atoms with Crippen molar-refractivity contribution in [2.45, 2.75) is 77.4 Å². The largest absolute Gasteiger partial charge is 0.314 e. The number of nitrogens with one attached hydrogen (secondary N) is 2. The van der Waals surface area contributed by atoms with Crippen LogP contribution in [0.1, 0.15) is 59.3 Å². The molecular weight excluding hydrogens is 208 g/mol. The number of hydrogen-bond donors (Lipinski definition) is 2. The van der Waals surface area contributed by atoms with Crippen LogP contribution in [0.2, 0.25) is 0 Å². The van der Waals surface area contributed by atoms with Gasteiger partial charge in [0.25, 0.3) is 0 Å². The minimum atomic E-state index is 0.655. The van der Waals surface area contributed by atoms with Gasteiger partial charge in [0.05, 0.1) is 0 Å². The molecule has 4 atom stereocenters. The zero-order chi connectivity index (χ0) is 12.3. The maximum Gasteiger partial charge on any atom is 0.0113 e. The Morgan fingerprint density at radius 2 is 1.76 bits per heavy atom. The molecular formula is C15H30N2. The van der Waals surface area contributed by atoms with Gasteiger partial charge in [0.2, 0.25) is 0 Å². The Bertz CT molecular complexity index is 221. The predicted molar refractivity (Wildman–Crippen MR) is 74.2 cm³/mol. The van der Waals surface area contributed by atoms with Crippen LogP contribution in [0.25, 0.3) is 0 Å². The lowest BCUT2D eigenvalue weighted by molar-refractivity contribution is 0.192. The molecule has 1 saturated carbocycles. The van der Waals surface area contributed by atoms with Crippen molar-refractivity contribution in [2.24, 2.45) is 11.8 Å². The maximum atomic E-state index is 3.91. The van der Waals surface area contributed by atoms with Crippen LogP contribution in [0.15, 0.2) is 0 Å². The van der Waals surface area contributed by atoms with E-state index in [-0.39, 0.29) is 0 Å². The molecule has 4 unspecified atom stereocenters. The van der Waals surface area contributed by atoms with Crippen LogP contribution < -0.4 is 10.6 Å². The Hall–Kier alpha value is -0.0800. The first kappa shape index (κ1) is 13.4. The number of rotatable bonds is 4. The summed E-state index contributed by atoms with van der Waals surface area (Å²) in [5, 5.41) is 7.62. The highest BCUT2D eigenvalue weighted by atomic mass is 15.0. The molecule has 100 valence electrons. The summed E-state index contributed by atoms with van der Waals surface area (Å²) >= 11 is 0. The molecule has 0 aromatic heterocycles. The zero-order valence-electron chi connectivity index (χ0n) is 11.8. The van der Waals surface area contributed by atoms with Gasteiger partial charge in [-0.25, -0.2) is 0 Å². The second kappa shape index (κ2) is 6.19. The SMILES string of the molecule is CC(C)C(C)NC1CCCCC1C1CCCN1. The molecule has 0 bridgehead atoms. The van der Waals surface area contributed by atoms with E-state index in [1.165, 1.54) is 45.1 Å². The molecule has 2 rings (SSSR count). The van der Waals surface area contributed by atoms with Crippen molar-refractivity contribution in [2.75, 3.05) is 6.54 Å². The first-order chi connectivity index (χ1) is 8.18. The Morgan fingerprint density at radius 1 is 1.00 bits per heavy atom. The quantitative estimate of drug-likeness (QED) is 0.787. The van der Waals surface area contributed by atoms with Gasteiger partial charge in [-0.3, -0.25) is 0 Å². The van der Waals surface area contributed by atoms with Crippen molar-refractivity contribution in [3.8, 4) is 0 Å². The van der Waals surface area contributed by atoms with E-state index >= 15 is 0 Å². The highest BCUT2D eigenvalue weighted by Crippen LogP contribution is 2.31. The normalized spacial score (nSPS) is 36.4. The van der Waals surface area contributed by atoms with Gasteiger partial charge in [-0.2, -0.15) is 0 Å². The van der Waals surface area contributed by atoms with Crippen molar-refractivity contribution in [1.82, 2.24) is 10.6 Å². The first-order valence-corrected chi connectivity index (χ1v) is 7.68. The third-order valence-corrected chi connectivity index (χ3v) is 4.91. The molecule has 17 heavy (non-hydrogen) atoms. The van der Waals surface area contributed by atoms with E-state index < -0.39 is 0 Å². The van der Waals surface area contributed by atoms with Crippen LogP contribution in [0.5, 0.6) is 0 Å². The molecule has 0 aromatic carbocycles. The van der Waals surface area contributed by atoms with Gasteiger partial charge in [0, 0.05) is 18.1 Å². The lowest BCUT2D eigenvalue weighted by Crippen LogP contribution is -2.50. The molecule has 2 fully saturated rings. The molecule has 1 heterocycles. The lowest BCUT2D eigenvalue weighted by atomic mass is 9.78. The molecule has 1 saturated heterocycles. The van der Waals surface area contributed by atoms with Gasteiger partial charge in [-0.05, 0) is 51.0 Å². The molecule has 0 amide bonds. The standard InChI is InChI=1S/C15H30N2/c1-11(2)12(3)17-15-8-5-4-7-13(15)14-9-6-10-16-14/h11-17H,4-10H2,1-3H3. The summed E-state index contributed by atoms with van der Waals surface area (Å²) in [4.78, 5) is 0. The van der Waals surface area contributed by atoms with Crippen LogP contribution in [-0.4, -0.2) is 24.7 Å². The second-order valence-corrected chi connectivity index (χ2v) is 6.46. The molecule has 1 aliphatic heterocycles. The van der Waals surface area contributed by atoms with Gasteiger partial charge in [-0.1, -0.05) is 26.7 Å². The van der Waals surface area contributed by atoms with Gasteiger partial charge >= 0.3 is 0 Å². The average molecular weight is 238 g/mol. The Balaban J connectivity index is 1.91. The van der Waals surface area contributed by atoms with E-state index in [2.05, 4.69) is 31.4 Å². The molecule has 2 heteroatoms. The van der Waals surface area contributed by atoms with Gasteiger partial charge < -0.3 is 10.6 Å². The fourth-order valence-corrected chi connectivity index (χ4v) is 3.46. The number of hydrogen-bond acceptors (Lipinski definition) is 2. The van der Waals surface area contributed by atoms with E-state index in [1.807, 2.05) is 0 Å². The first-order valence-electron chi connectivity index (χ1n) is 7.68. The van der Waals surface area contributed by atoms with Crippen LogP contribution in [0.3, 0.4) is 0 Å². The molecule has 2 aliphatic rings. The topological polar surface area (TPSA) is 24.1 Å². The summed E-state index contributed by atoms with van der Waals surface area (Å²) in [7, 11) is 0. The minimum Gasteiger partial charge on any atom is -0.314 e. The fourth-order valence-electron chi connectivity index (χ4n) is 3.46. The highest BCUT2D eigenvalue weighted by Gasteiger charge is 2.33. The summed E-state index contributed by atoms with van der Waals surface area (Å²) in [5.41, 5.74) is 0. The van der Waals surface area contributed by atoms with Crippen LogP contribution >= 0.6 is 0 Å². The average Bonchev–Trinajstić information content (AvgIpc) is 2.83. The smallest absolute Gasteiger partial charge is 0.0113 e. The monoisotopic (exact) mass is 238 g/mol.